The Balaban J connectivity index is 1.46. The minimum atomic E-state index is 0.124. The Morgan fingerprint density at radius 1 is 1.33 bits per heavy atom. The van der Waals surface area contributed by atoms with E-state index in [4.69, 9.17) is 4.52 Å². The van der Waals surface area contributed by atoms with E-state index in [0.29, 0.717) is 24.2 Å². The maximum Gasteiger partial charge on any atom is 0.241 e. The average molecular weight is 370 g/mol. The van der Waals surface area contributed by atoms with Crippen LogP contribution in [0.25, 0.3) is 11.4 Å². The van der Waals surface area contributed by atoms with Crippen LogP contribution in [0, 0.1) is 18.8 Å². The number of nitrogens with zero attached hydrogens (tertiary/aromatic N) is 3. The molecule has 0 atom stereocenters. The van der Waals surface area contributed by atoms with Gasteiger partial charge in [-0.1, -0.05) is 42.8 Å². The number of piperidine rings is 1. The van der Waals surface area contributed by atoms with Crippen molar-refractivity contribution < 1.29 is 9.32 Å². The Bertz CT molecular complexity index is 748. The van der Waals surface area contributed by atoms with E-state index in [1.807, 2.05) is 25.1 Å². The monoisotopic (exact) mass is 370 g/mol. The molecular weight excluding hydrogens is 340 g/mol. The highest BCUT2D eigenvalue weighted by Crippen LogP contribution is 2.21. The number of amides is 1. The molecule has 6 heteroatoms. The van der Waals surface area contributed by atoms with Crippen LogP contribution in [-0.4, -0.2) is 40.6 Å². The van der Waals surface area contributed by atoms with E-state index in [0.717, 1.165) is 44.5 Å². The topological polar surface area (TPSA) is 71.3 Å². The zero-order chi connectivity index (χ0) is 19.2. The van der Waals surface area contributed by atoms with Gasteiger partial charge in [-0.15, -0.1) is 0 Å². The number of hydrogen-bond donors (Lipinski definition) is 1. The average Bonchev–Trinajstić information content (AvgIpc) is 3.10. The van der Waals surface area contributed by atoms with E-state index in [-0.39, 0.29) is 11.8 Å². The smallest absolute Gasteiger partial charge is 0.241 e. The predicted octanol–water partition coefficient (Wildman–Crippen LogP) is 3.42. The first kappa shape index (κ1) is 19.5. The van der Waals surface area contributed by atoms with E-state index < -0.39 is 0 Å². The lowest BCUT2D eigenvalue weighted by Gasteiger charge is -2.30. The second-order valence-electron chi connectivity index (χ2n) is 7.91. The highest BCUT2D eigenvalue weighted by molar-refractivity contribution is 5.78. The van der Waals surface area contributed by atoms with Crippen LogP contribution in [-0.2, 0) is 11.3 Å². The summed E-state index contributed by atoms with van der Waals surface area (Å²) in [5, 5.41) is 7.18. The lowest BCUT2D eigenvalue weighted by molar-refractivity contribution is -0.126. The molecule has 1 aliphatic rings. The van der Waals surface area contributed by atoms with E-state index in [1.54, 1.807) is 0 Å². The molecule has 2 heterocycles. The van der Waals surface area contributed by atoms with Gasteiger partial charge < -0.3 is 9.84 Å². The number of benzene rings is 1. The van der Waals surface area contributed by atoms with Crippen LogP contribution >= 0.6 is 0 Å². The van der Waals surface area contributed by atoms with Gasteiger partial charge in [0.25, 0.3) is 0 Å². The van der Waals surface area contributed by atoms with E-state index in [9.17, 15) is 4.79 Å². The Kier molecular flexibility index (Phi) is 6.61. The van der Waals surface area contributed by atoms with Crippen molar-refractivity contribution in [2.24, 2.45) is 11.8 Å². The molecule has 0 unspecified atom stereocenters. The van der Waals surface area contributed by atoms with Crippen LogP contribution < -0.4 is 5.32 Å². The zero-order valence-corrected chi connectivity index (χ0v) is 16.6. The van der Waals surface area contributed by atoms with Gasteiger partial charge in [0.1, 0.15) is 0 Å². The van der Waals surface area contributed by atoms with Gasteiger partial charge >= 0.3 is 0 Å². The molecule has 2 aromatic rings. The quantitative estimate of drug-likeness (QED) is 0.809. The first-order valence-corrected chi connectivity index (χ1v) is 9.91. The summed E-state index contributed by atoms with van der Waals surface area (Å²) in [5.74, 6) is 2.21. The third-order valence-electron chi connectivity index (χ3n) is 5.08. The Hall–Kier alpha value is -2.21. The van der Waals surface area contributed by atoms with Crippen molar-refractivity contribution in [1.82, 2.24) is 20.4 Å². The largest absolute Gasteiger partial charge is 0.356 e. The molecule has 0 spiro atoms. The molecule has 1 fully saturated rings. The van der Waals surface area contributed by atoms with Crippen LogP contribution in [0.3, 0.4) is 0 Å². The standard InChI is InChI=1S/C21H30N4O2/c1-15(2)7-10-22-21(26)17-8-11-25(12-9-17)14-19-23-20(24-27-19)18-6-4-5-16(3)13-18/h4-6,13,15,17H,7-12,14H2,1-3H3,(H,22,26). The molecule has 1 amide bonds. The lowest BCUT2D eigenvalue weighted by Crippen LogP contribution is -2.40. The van der Waals surface area contributed by atoms with Crippen molar-refractivity contribution in [1.29, 1.82) is 0 Å². The highest BCUT2D eigenvalue weighted by atomic mass is 16.5. The zero-order valence-electron chi connectivity index (χ0n) is 16.6. The van der Waals surface area contributed by atoms with Crippen LogP contribution in [0.4, 0.5) is 0 Å². The van der Waals surface area contributed by atoms with Crippen molar-refractivity contribution >= 4 is 5.91 Å². The molecule has 0 radical (unpaired) electrons. The first-order valence-electron chi connectivity index (χ1n) is 9.91. The summed E-state index contributed by atoms with van der Waals surface area (Å²) in [6, 6.07) is 8.09. The minimum absolute atomic E-state index is 0.124. The summed E-state index contributed by atoms with van der Waals surface area (Å²) in [4.78, 5) is 19.1. The van der Waals surface area contributed by atoms with Crippen molar-refractivity contribution in [3.8, 4) is 11.4 Å². The first-order chi connectivity index (χ1) is 13.0. The molecule has 1 aliphatic heterocycles. The Morgan fingerprint density at radius 2 is 2.11 bits per heavy atom. The molecule has 0 aliphatic carbocycles. The molecule has 6 nitrogen and oxygen atoms in total. The fourth-order valence-corrected chi connectivity index (χ4v) is 3.39. The van der Waals surface area contributed by atoms with Crippen LogP contribution in [0.1, 0.15) is 44.6 Å². The summed E-state index contributed by atoms with van der Waals surface area (Å²) in [5.41, 5.74) is 2.15. The molecule has 0 saturated carbocycles. The molecule has 146 valence electrons. The second-order valence-corrected chi connectivity index (χ2v) is 7.91. The van der Waals surface area contributed by atoms with Crippen molar-refractivity contribution in [2.45, 2.75) is 46.6 Å². The lowest BCUT2D eigenvalue weighted by atomic mass is 9.96. The van der Waals surface area contributed by atoms with Crippen molar-refractivity contribution in [3.05, 3.63) is 35.7 Å². The van der Waals surface area contributed by atoms with Crippen LogP contribution in [0.2, 0.25) is 0 Å². The Morgan fingerprint density at radius 3 is 2.81 bits per heavy atom. The third-order valence-corrected chi connectivity index (χ3v) is 5.08. The van der Waals surface area contributed by atoms with Gasteiger partial charge in [-0.3, -0.25) is 9.69 Å². The number of carbonyl (C=O) groups excluding carboxylic acids is 1. The van der Waals surface area contributed by atoms with Gasteiger partial charge in [-0.25, -0.2) is 0 Å². The van der Waals surface area contributed by atoms with E-state index in [2.05, 4.69) is 40.3 Å². The van der Waals surface area contributed by atoms with Crippen molar-refractivity contribution in [2.75, 3.05) is 19.6 Å². The molecule has 0 bridgehead atoms. The summed E-state index contributed by atoms with van der Waals surface area (Å²) in [7, 11) is 0. The maximum atomic E-state index is 12.3. The third kappa shape index (κ3) is 5.63. The summed E-state index contributed by atoms with van der Waals surface area (Å²) >= 11 is 0. The number of carbonyl (C=O) groups is 1. The molecule has 1 aromatic carbocycles. The number of hydrogen-bond acceptors (Lipinski definition) is 5. The molecule has 1 N–H and O–H groups in total. The normalized spacial score (nSPS) is 16.0. The summed E-state index contributed by atoms with van der Waals surface area (Å²) < 4.78 is 5.43. The SMILES string of the molecule is Cc1cccc(-c2noc(CN3CCC(C(=O)NCCC(C)C)CC3)n2)c1. The van der Waals surface area contributed by atoms with E-state index in [1.165, 1.54) is 5.56 Å². The number of nitrogens with one attached hydrogen (secondary N) is 1. The Labute approximate surface area is 161 Å². The molecular formula is C21H30N4O2. The second kappa shape index (κ2) is 9.13. The number of aryl methyl sites for hydroxylation is 1. The molecule has 1 aromatic heterocycles. The van der Waals surface area contributed by atoms with Gasteiger partial charge in [-0.05, 0) is 51.3 Å². The fourth-order valence-electron chi connectivity index (χ4n) is 3.39. The highest BCUT2D eigenvalue weighted by Gasteiger charge is 2.25. The minimum Gasteiger partial charge on any atom is -0.356 e. The van der Waals surface area contributed by atoms with Crippen LogP contribution in [0.5, 0.6) is 0 Å². The predicted molar refractivity (Wildman–Crippen MR) is 105 cm³/mol. The van der Waals surface area contributed by atoms with Crippen LogP contribution in [0.15, 0.2) is 28.8 Å². The fraction of sp³-hybridized carbons (Fsp3) is 0.571. The number of aromatic nitrogens is 2. The van der Waals surface area contributed by atoms with Crippen molar-refractivity contribution in [3.63, 3.8) is 0 Å². The molecule has 3 rings (SSSR count). The van der Waals surface area contributed by atoms with E-state index >= 15 is 0 Å². The van der Waals surface area contributed by atoms with Gasteiger partial charge in [0.2, 0.25) is 17.6 Å². The number of likely N-dealkylation sites (tertiary alicyclic amines) is 1. The summed E-state index contributed by atoms with van der Waals surface area (Å²) in [6.45, 7) is 9.57. The van der Waals surface area contributed by atoms with Gasteiger partial charge in [0.05, 0.1) is 6.54 Å². The summed E-state index contributed by atoms with van der Waals surface area (Å²) in [6.07, 6.45) is 2.80. The molecule has 27 heavy (non-hydrogen) atoms. The molecule has 1 saturated heterocycles. The van der Waals surface area contributed by atoms with Gasteiger partial charge in [-0.2, -0.15) is 4.98 Å². The number of rotatable bonds is 7. The van der Waals surface area contributed by atoms with Gasteiger partial charge in [0, 0.05) is 18.0 Å². The van der Waals surface area contributed by atoms with Gasteiger partial charge in [0.15, 0.2) is 0 Å². The maximum absolute atomic E-state index is 12.3.